The molecule has 1 aliphatic carbocycles. The number of hydrogen-bond acceptors (Lipinski definition) is 7. The van der Waals surface area contributed by atoms with Gasteiger partial charge in [-0.1, -0.05) is 0 Å². The number of thiophene rings is 1. The van der Waals surface area contributed by atoms with E-state index in [2.05, 4.69) is 5.32 Å². The van der Waals surface area contributed by atoms with Gasteiger partial charge in [0.25, 0.3) is 5.91 Å². The Morgan fingerprint density at radius 2 is 2.11 bits per heavy atom. The summed E-state index contributed by atoms with van der Waals surface area (Å²) in [5.41, 5.74) is 1.40. The van der Waals surface area contributed by atoms with Crippen LogP contribution in [0.4, 0.5) is 5.00 Å². The predicted molar refractivity (Wildman–Crippen MR) is 98.9 cm³/mol. The molecule has 8 heteroatoms. The first-order valence-corrected chi connectivity index (χ1v) is 9.69. The number of aryl methyl sites for hydroxylation is 2. The molecule has 0 unspecified atom stereocenters. The van der Waals surface area contributed by atoms with E-state index in [4.69, 9.17) is 13.9 Å². The molecule has 27 heavy (non-hydrogen) atoms. The van der Waals surface area contributed by atoms with Crippen LogP contribution in [-0.4, -0.2) is 31.1 Å². The van der Waals surface area contributed by atoms with Crippen LogP contribution in [0.2, 0.25) is 0 Å². The van der Waals surface area contributed by atoms with E-state index in [-0.39, 0.29) is 13.0 Å². The van der Waals surface area contributed by atoms with Gasteiger partial charge in [-0.05, 0) is 43.9 Å². The summed E-state index contributed by atoms with van der Waals surface area (Å²) in [5, 5.41) is 3.15. The number of hydrogen-bond donors (Lipinski definition) is 1. The molecule has 0 aliphatic heterocycles. The third kappa shape index (κ3) is 4.77. The van der Waals surface area contributed by atoms with Gasteiger partial charge in [-0.3, -0.25) is 9.59 Å². The van der Waals surface area contributed by atoms with Crippen LogP contribution >= 0.6 is 11.3 Å². The van der Waals surface area contributed by atoms with Crippen molar-refractivity contribution in [3.8, 4) is 0 Å². The van der Waals surface area contributed by atoms with Crippen molar-refractivity contribution in [2.24, 2.45) is 0 Å². The van der Waals surface area contributed by atoms with Gasteiger partial charge < -0.3 is 19.2 Å². The van der Waals surface area contributed by atoms with Gasteiger partial charge in [0.2, 0.25) is 0 Å². The average Bonchev–Trinajstić information content (AvgIpc) is 3.35. The lowest BCUT2D eigenvalue weighted by Crippen LogP contribution is -2.22. The Balaban J connectivity index is 1.54. The molecule has 1 amide bonds. The molecule has 1 N–H and O–H groups in total. The molecule has 0 fully saturated rings. The summed E-state index contributed by atoms with van der Waals surface area (Å²) in [7, 11) is 0. The highest BCUT2D eigenvalue weighted by Gasteiger charge is 2.28. The largest absolute Gasteiger partial charge is 0.469 e. The van der Waals surface area contributed by atoms with Crippen LogP contribution in [0.1, 0.15) is 46.3 Å². The molecule has 7 nitrogen and oxygen atoms in total. The van der Waals surface area contributed by atoms with Crippen LogP contribution in [0.15, 0.2) is 22.8 Å². The molecule has 0 atom stereocenters. The standard InChI is InChI=1S/C19H21NO6S/c1-2-24-19(23)17-13-6-3-7-14(13)27-18(17)20-15(21)11-26-16(22)9-8-12-5-4-10-25-12/h4-5,10H,2-3,6-9,11H2,1H3,(H,20,21). The van der Waals surface area contributed by atoms with Gasteiger partial charge in [-0.25, -0.2) is 4.79 Å². The van der Waals surface area contributed by atoms with E-state index < -0.39 is 24.5 Å². The summed E-state index contributed by atoms with van der Waals surface area (Å²) < 4.78 is 15.3. The zero-order valence-corrected chi connectivity index (χ0v) is 15.9. The minimum atomic E-state index is -0.485. The fourth-order valence-electron chi connectivity index (χ4n) is 2.97. The highest BCUT2D eigenvalue weighted by Crippen LogP contribution is 2.39. The van der Waals surface area contributed by atoms with Crippen molar-refractivity contribution >= 4 is 34.2 Å². The fourth-order valence-corrected chi connectivity index (χ4v) is 4.27. The van der Waals surface area contributed by atoms with Crippen molar-refractivity contribution < 1.29 is 28.3 Å². The predicted octanol–water partition coefficient (Wildman–Crippen LogP) is 3.12. The lowest BCUT2D eigenvalue weighted by atomic mass is 10.1. The lowest BCUT2D eigenvalue weighted by Gasteiger charge is -2.08. The highest BCUT2D eigenvalue weighted by molar-refractivity contribution is 7.17. The van der Waals surface area contributed by atoms with Crippen LogP contribution in [0.3, 0.4) is 0 Å². The van der Waals surface area contributed by atoms with E-state index in [1.165, 1.54) is 17.6 Å². The van der Waals surface area contributed by atoms with E-state index in [0.29, 0.717) is 22.7 Å². The Labute approximate surface area is 160 Å². The van der Waals surface area contributed by atoms with E-state index >= 15 is 0 Å². The fraction of sp³-hybridized carbons (Fsp3) is 0.421. The Morgan fingerprint density at radius 3 is 2.85 bits per heavy atom. The van der Waals surface area contributed by atoms with Gasteiger partial charge in [0.05, 0.1) is 24.9 Å². The molecule has 0 aromatic carbocycles. The Bertz CT molecular complexity index is 824. The third-order valence-corrected chi connectivity index (χ3v) is 5.38. The number of nitrogens with one attached hydrogen (secondary N) is 1. The van der Waals surface area contributed by atoms with Gasteiger partial charge >= 0.3 is 11.9 Å². The number of fused-ring (bicyclic) bond motifs is 1. The van der Waals surface area contributed by atoms with Gasteiger partial charge in [0.15, 0.2) is 6.61 Å². The zero-order valence-electron chi connectivity index (χ0n) is 15.0. The lowest BCUT2D eigenvalue weighted by molar-refractivity contribution is -0.147. The van der Waals surface area contributed by atoms with Crippen LogP contribution < -0.4 is 5.32 Å². The van der Waals surface area contributed by atoms with E-state index in [1.807, 2.05) is 0 Å². The molecule has 0 saturated heterocycles. The average molecular weight is 391 g/mol. The zero-order chi connectivity index (χ0) is 19.2. The molecule has 2 heterocycles. The monoisotopic (exact) mass is 391 g/mol. The van der Waals surface area contributed by atoms with Crippen LogP contribution in [0, 0.1) is 0 Å². The summed E-state index contributed by atoms with van der Waals surface area (Å²) in [6.45, 7) is 1.61. The van der Waals surface area contributed by atoms with E-state index in [0.717, 1.165) is 29.7 Å². The number of esters is 2. The second kappa shape index (κ2) is 8.85. The van der Waals surface area contributed by atoms with E-state index in [1.54, 1.807) is 19.1 Å². The van der Waals surface area contributed by atoms with Gasteiger partial charge in [-0.2, -0.15) is 0 Å². The van der Waals surface area contributed by atoms with Crippen molar-refractivity contribution in [1.82, 2.24) is 0 Å². The molecule has 2 aromatic rings. The van der Waals surface area contributed by atoms with Crippen molar-refractivity contribution in [2.75, 3.05) is 18.5 Å². The first-order valence-electron chi connectivity index (χ1n) is 8.88. The number of ether oxygens (including phenoxy) is 2. The Hall–Kier alpha value is -2.61. The van der Waals surface area contributed by atoms with Crippen molar-refractivity contribution in [3.05, 3.63) is 40.2 Å². The number of rotatable bonds is 8. The van der Waals surface area contributed by atoms with Crippen LogP contribution in [0.5, 0.6) is 0 Å². The third-order valence-electron chi connectivity index (χ3n) is 4.17. The molecule has 1 aliphatic rings. The molecule has 0 saturated carbocycles. The topological polar surface area (TPSA) is 94.8 Å². The molecule has 0 spiro atoms. The maximum absolute atomic E-state index is 12.3. The quantitative estimate of drug-likeness (QED) is 0.695. The molecular formula is C19H21NO6S. The number of amides is 1. The molecule has 0 radical (unpaired) electrons. The minimum absolute atomic E-state index is 0.127. The second-order valence-electron chi connectivity index (χ2n) is 6.07. The smallest absolute Gasteiger partial charge is 0.341 e. The Kier molecular flexibility index (Phi) is 6.28. The summed E-state index contributed by atoms with van der Waals surface area (Å²) in [6, 6.07) is 3.51. The van der Waals surface area contributed by atoms with Crippen molar-refractivity contribution in [1.29, 1.82) is 0 Å². The number of furan rings is 1. The van der Waals surface area contributed by atoms with Crippen LogP contribution in [0.25, 0.3) is 0 Å². The molecule has 144 valence electrons. The van der Waals surface area contributed by atoms with Gasteiger partial charge in [-0.15, -0.1) is 11.3 Å². The molecule has 2 aromatic heterocycles. The second-order valence-corrected chi connectivity index (χ2v) is 7.18. The minimum Gasteiger partial charge on any atom is -0.469 e. The van der Waals surface area contributed by atoms with Crippen LogP contribution in [-0.2, 0) is 38.3 Å². The summed E-state index contributed by atoms with van der Waals surface area (Å²) >= 11 is 1.39. The van der Waals surface area contributed by atoms with Gasteiger partial charge in [0.1, 0.15) is 10.8 Å². The first kappa shape index (κ1) is 19.2. The Morgan fingerprint density at radius 1 is 1.26 bits per heavy atom. The normalized spacial score (nSPS) is 12.5. The summed E-state index contributed by atoms with van der Waals surface area (Å²) in [5.74, 6) is -0.709. The molecule has 0 bridgehead atoms. The summed E-state index contributed by atoms with van der Waals surface area (Å²) in [6.07, 6.45) is 4.77. The van der Waals surface area contributed by atoms with Crippen molar-refractivity contribution in [2.45, 2.75) is 39.0 Å². The summed E-state index contributed by atoms with van der Waals surface area (Å²) in [4.78, 5) is 37.3. The molecule has 3 rings (SSSR count). The molecular weight excluding hydrogens is 370 g/mol. The maximum atomic E-state index is 12.3. The number of anilines is 1. The SMILES string of the molecule is CCOC(=O)c1c(NC(=O)COC(=O)CCc2ccco2)sc2c1CCC2. The maximum Gasteiger partial charge on any atom is 0.341 e. The highest BCUT2D eigenvalue weighted by atomic mass is 32.1. The number of carbonyl (C=O) groups is 3. The number of carbonyl (C=O) groups excluding carboxylic acids is 3. The van der Waals surface area contributed by atoms with Gasteiger partial charge in [0, 0.05) is 11.3 Å². The first-order chi connectivity index (χ1) is 13.1. The van der Waals surface area contributed by atoms with E-state index in [9.17, 15) is 14.4 Å². The van der Waals surface area contributed by atoms with Crippen molar-refractivity contribution in [3.63, 3.8) is 0 Å².